The molecule has 100 valence electrons. The highest BCUT2D eigenvalue weighted by Crippen LogP contribution is 2.35. The van der Waals surface area contributed by atoms with Crippen LogP contribution in [0.3, 0.4) is 0 Å². The van der Waals surface area contributed by atoms with Gasteiger partial charge in [-0.15, -0.1) is 0 Å². The molecule has 0 radical (unpaired) electrons. The van der Waals surface area contributed by atoms with Crippen LogP contribution in [0.4, 0.5) is 4.79 Å². The van der Waals surface area contributed by atoms with Gasteiger partial charge in [0.05, 0.1) is 6.10 Å². The Kier molecular flexibility index (Phi) is 4.07. The molecule has 2 atom stereocenters. The highest BCUT2D eigenvalue weighted by molar-refractivity contribution is 5.68. The molecule has 17 heavy (non-hydrogen) atoms. The first-order valence-corrected chi connectivity index (χ1v) is 6.28. The van der Waals surface area contributed by atoms with E-state index in [0.29, 0.717) is 0 Å². The largest absolute Gasteiger partial charge is 0.444 e. The molecular weight excluding hydrogens is 218 g/mol. The zero-order chi connectivity index (χ0) is 13.3. The van der Waals surface area contributed by atoms with Crippen LogP contribution in [0.2, 0.25) is 0 Å². The van der Waals surface area contributed by atoms with Crippen LogP contribution in [-0.4, -0.2) is 28.9 Å². The van der Waals surface area contributed by atoms with Crippen molar-refractivity contribution < 1.29 is 14.6 Å². The first-order chi connectivity index (χ1) is 7.60. The van der Waals surface area contributed by atoms with Crippen molar-refractivity contribution >= 4 is 6.09 Å². The Labute approximate surface area is 104 Å². The Balaban J connectivity index is 2.46. The second kappa shape index (κ2) is 4.84. The van der Waals surface area contributed by atoms with Gasteiger partial charge in [0.15, 0.2) is 0 Å². The molecule has 1 amide bonds. The van der Waals surface area contributed by atoms with Gasteiger partial charge in [0.25, 0.3) is 0 Å². The van der Waals surface area contributed by atoms with Crippen molar-refractivity contribution in [2.24, 2.45) is 5.41 Å². The molecule has 0 aromatic heterocycles. The summed E-state index contributed by atoms with van der Waals surface area (Å²) in [5.41, 5.74) is -0.605. The number of aliphatic hydroxyl groups excluding tert-OH is 1. The highest BCUT2D eigenvalue weighted by atomic mass is 16.6. The lowest BCUT2D eigenvalue weighted by Crippen LogP contribution is -2.47. The highest BCUT2D eigenvalue weighted by Gasteiger charge is 2.36. The molecule has 1 fully saturated rings. The van der Waals surface area contributed by atoms with Gasteiger partial charge in [-0.25, -0.2) is 4.79 Å². The normalized spacial score (nSPS) is 28.6. The molecule has 1 aliphatic rings. The van der Waals surface area contributed by atoms with E-state index in [-0.39, 0.29) is 23.7 Å². The molecule has 4 heteroatoms. The van der Waals surface area contributed by atoms with Gasteiger partial charge in [0.1, 0.15) is 5.60 Å². The lowest BCUT2D eigenvalue weighted by atomic mass is 9.73. The van der Waals surface area contributed by atoms with Crippen LogP contribution < -0.4 is 5.32 Å². The fourth-order valence-electron chi connectivity index (χ4n) is 2.22. The number of alkyl carbamates (subject to hydrolysis) is 1. The molecule has 2 unspecified atom stereocenters. The molecule has 0 aromatic carbocycles. The predicted molar refractivity (Wildman–Crippen MR) is 66.8 cm³/mol. The minimum atomic E-state index is -0.465. The zero-order valence-electron chi connectivity index (χ0n) is 11.5. The number of carbonyl (C=O) groups is 1. The van der Waals surface area contributed by atoms with Gasteiger partial charge >= 0.3 is 6.09 Å². The van der Waals surface area contributed by atoms with E-state index in [0.717, 1.165) is 19.3 Å². The molecule has 0 aliphatic heterocycles. The summed E-state index contributed by atoms with van der Waals surface area (Å²) in [6.07, 6.45) is 1.68. The fourth-order valence-corrected chi connectivity index (χ4v) is 2.22. The third kappa shape index (κ3) is 4.54. The second-order valence-electron chi connectivity index (χ2n) is 6.63. The lowest BCUT2D eigenvalue weighted by molar-refractivity contribution is -0.00274. The fraction of sp³-hybridized carbons (Fsp3) is 0.923. The van der Waals surface area contributed by atoms with Crippen molar-refractivity contribution in [1.82, 2.24) is 5.32 Å². The molecule has 0 saturated heterocycles. The summed E-state index contributed by atoms with van der Waals surface area (Å²) < 4.78 is 5.22. The number of ether oxygens (including phenoxy) is 1. The number of carbonyl (C=O) groups excluding carboxylic acids is 1. The van der Waals surface area contributed by atoms with Crippen LogP contribution in [0.5, 0.6) is 0 Å². The number of rotatable bonds is 1. The number of aliphatic hydroxyl groups is 1. The van der Waals surface area contributed by atoms with Gasteiger partial charge in [-0.05, 0) is 45.4 Å². The maximum Gasteiger partial charge on any atom is 0.407 e. The van der Waals surface area contributed by atoms with Gasteiger partial charge in [-0.2, -0.15) is 0 Å². The van der Waals surface area contributed by atoms with Crippen LogP contribution in [0.15, 0.2) is 0 Å². The molecule has 0 aromatic rings. The van der Waals surface area contributed by atoms with Crippen LogP contribution in [0, 0.1) is 5.41 Å². The van der Waals surface area contributed by atoms with E-state index in [2.05, 4.69) is 5.32 Å². The van der Waals surface area contributed by atoms with Crippen LogP contribution >= 0.6 is 0 Å². The average Bonchev–Trinajstić information content (AvgIpc) is 2.07. The monoisotopic (exact) mass is 243 g/mol. The van der Waals surface area contributed by atoms with Crippen LogP contribution in [-0.2, 0) is 4.74 Å². The van der Waals surface area contributed by atoms with Crippen molar-refractivity contribution in [2.75, 3.05) is 0 Å². The Morgan fingerprint density at radius 2 is 1.94 bits per heavy atom. The molecule has 0 spiro atoms. The number of hydrogen-bond donors (Lipinski definition) is 2. The number of amides is 1. The van der Waals surface area contributed by atoms with E-state index >= 15 is 0 Å². The van der Waals surface area contributed by atoms with Gasteiger partial charge in [0, 0.05) is 6.04 Å². The molecule has 1 saturated carbocycles. The van der Waals surface area contributed by atoms with Crippen LogP contribution in [0.1, 0.15) is 53.9 Å². The smallest absolute Gasteiger partial charge is 0.407 e. The first-order valence-electron chi connectivity index (χ1n) is 6.28. The number of hydrogen-bond acceptors (Lipinski definition) is 3. The number of nitrogens with one attached hydrogen (secondary N) is 1. The third-order valence-corrected chi connectivity index (χ3v) is 3.18. The molecule has 4 nitrogen and oxygen atoms in total. The summed E-state index contributed by atoms with van der Waals surface area (Å²) in [6, 6.07) is 0.100. The third-order valence-electron chi connectivity index (χ3n) is 3.18. The van der Waals surface area contributed by atoms with E-state index < -0.39 is 5.60 Å². The predicted octanol–water partition coefficient (Wildman–Crippen LogP) is 2.45. The zero-order valence-corrected chi connectivity index (χ0v) is 11.5. The topological polar surface area (TPSA) is 58.6 Å². The molecule has 1 rings (SSSR count). The van der Waals surface area contributed by atoms with Crippen molar-refractivity contribution in [3.8, 4) is 0 Å². The summed E-state index contributed by atoms with van der Waals surface area (Å²) in [5.74, 6) is 0. The first kappa shape index (κ1) is 14.3. The summed E-state index contributed by atoms with van der Waals surface area (Å²) in [7, 11) is 0. The van der Waals surface area contributed by atoms with Gasteiger partial charge in [0.2, 0.25) is 0 Å². The Morgan fingerprint density at radius 3 is 2.41 bits per heavy atom. The van der Waals surface area contributed by atoms with Gasteiger partial charge in [-0.1, -0.05) is 13.8 Å². The van der Waals surface area contributed by atoms with E-state index in [1.165, 1.54) is 0 Å². The Hall–Kier alpha value is -0.770. The van der Waals surface area contributed by atoms with Crippen molar-refractivity contribution in [3.05, 3.63) is 0 Å². The minimum Gasteiger partial charge on any atom is -0.444 e. The second-order valence-corrected chi connectivity index (χ2v) is 6.63. The maximum absolute atomic E-state index is 11.6. The average molecular weight is 243 g/mol. The standard InChI is InChI=1S/C13H25NO3/c1-12(2,3)17-11(16)14-9-6-7-10(15)13(4,5)8-9/h9-10,15H,6-8H2,1-5H3,(H,14,16). The lowest BCUT2D eigenvalue weighted by Gasteiger charge is -2.39. The van der Waals surface area contributed by atoms with E-state index in [4.69, 9.17) is 4.74 Å². The molecule has 2 N–H and O–H groups in total. The van der Waals surface area contributed by atoms with Crippen molar-refractivity contribution in [1.29, 1.82) is 0 Å². The maximum atomic E-state index is 11.6. The molecule has 0 heterocycles. The summed E-state index contributed by atoms with van der Waals surface area (Å²) in [4.78, 5) is 11.6. The molecular formula is C13H25NO3. The molecule has 1 aliphatic carbocycles. The summed E-state index contributed by atoms with van der Waals surface area (Å²) in [6.45, 7) is 9.60. The quantitative estimate of drug-likeness (QED) is 0.743. The van der Waals surface area contributed by atoms with Crippen molar-refractivity contribution in [2.45, 2.75) is 71.6 Å². The summed E-state index contributed by atoms with van der Waals surface area (Å²) >= 11 is 0. The van der Waals surface area contributed by atoms with Crippen LogP contribution in [0.25, 0.3) is 0 Å². The Bertz CT molecular complexity index is 281. The van der Waals surface area contributed by atoms with Crippen molar-refractivity contribution in [3.63, 3.8) is 0 Å². The minimum absolute atomic E-state index is 0.100. The van der Waals surface area contributed by atoms with E-state index in [1.54, 1.807) is 0 Å². The van der Waals surface area contributed by atoms with E-state index in [1.807, 2.05) is 34.6 Å². The van der Waals surface area contributed by atoms with Gasteiger partial charge in [-0.3, -0.25) is 0 Å². The summed E-state index contributed by atoms with van der Waals surface area (Å²) in [5, 5.41) is 12.7. The Morgan fingerprint density at radius 1 is 1.35 bits per heavy atom. The van der Waals surface area contributed by atoms with Gasteiger partial charge < -0.3 is 15.2 Å². The molecule has 0 bridgehead atoms. The SMILES string of the molecule is CC(C)(C)OC(=O)NC1CCC(O)C(C)(C)C1. The van der Waals surface area contributed by atoms with E-state index in [9.17, 15) is 9.90 Å².